The van der Waals surface area contributed by atoms with Gasteiger partial charge in [0.05, 0.1) is 6.10 Å². The maximum atomic E-state index is 12.7. The van der Waals surface area contributed by atoms with E-state index >= 15 is 0 Å². The molecule has 0 fully saturated rings. The number of nitrogens with one attached hydrogen (secondary N) is 2. The van der Waals surface area contributed by atoms with Crippen molar-refractivity contribution < 1.29 is 13.9 Å². The molecule has 0 unspecified atom stereocenters. The summed E-state index contributed by atoms with van der Waals surface area (Å²) in [6, 6.07) is 18.7. The van der Waals surface area contributed by atoms with Crippen molar-refractivity contribution in [3.05, 3.63) is 77.4 Å². The molecule has 0 saturated heterocycles. The Morgan fingerprint density at radius 3 is 2.67 bits per heavy atom. The summed E-state index contributed by atoms with van der Waals surface area (Å²) in [5.74, 6) is 0.842. The lowest BCUT2D eigenvalue weighted by Gasteiger charge is -2.14. The SMILES string of the molecule is Cc1ccc2nc(-c3ccc(C)c(NC(=S)NC(=O)c4cccc(OC(C)C)c4)c3)oc2c1. The van der Waals surface area contributed by atoms with E-state index in [1.54, 1.807) is 18.2 Å². The van der Waals surface area contributed by atoms with Crippen LogP contribution in [0.25, 0.3) is 22.6 Å². The van der Waals surface area contributed by atoms with Gasteiger partial charge in [-0.05, 0) is 93.5 Å². The second-order valence-electron chi connectivity index (χ2n) is 8.12. The molecule has 7 heteroatoms. The molecule has 6 nitrogen and oxygen atoms in total. The Balaban J connectivity index is 1.49. The Morgan fingerprint density at radius 1 is 1.06 bits per heavy atom. The Bertz CT molecular complexity index is 1340. The minimum Gasteiger partial charge on any atom is -0.491 e. The molecule has 4 rings (SSSR count). The number of anilines is 1. The first-order valence-corrected chi connectivity index (χ1v) is 11.1. The highest BCUT2D eigenvalue weighted by molar-refractivity contribution is 7.80. The standard InChI is InChI=1S/C26H25N3O3S/c1-15(2)31-20-7-5-6-18(13-20)24(30)29-26(33)28-22-14-19(10-9-17(22)4)25-27-21-11-8-16(3)12-23(21)32-25/h5-15H,1-4H3,(H2,28,29,30,33). The third-order valence-corrected chi connectivity index (χ3v) is 5.18. The van der Waals surface area contributed by atoms with Gasteiger partial charge in [-0.1, -0.05) is 18.2 Å². The van der Waals surface area contributed by atoms with Crippen LogP contribution in [0.1, 0.15) is 35.3 Å². The van der Waals surface area contributed by atoms with Gasteiger partial charge in [0.2, 0.25) is 5.89 Å². The molecule has 2 N–H and O–H groups in total. The highest BCUT2D eigenvalue weighted by Gasteiger charge is 2.13. The zero-order valence-corrected chi connectivity index (χ0v) is 19.7. The lowest BCUT2D eigenvalue weighted by molar-refractivity contribution is 0.0977. The minimum absolute atomic E-state index is 0.0200. The number of oxazole rings is 1. The summed E-state index contributed by atoms with van der Waals surface area (Å²) in [7, 11) is 0. The molecule has 0 aliphatic heterocycles. The number of carbonyl (C=O) groups is 1. The van der Waals surface area contributed by atoms with Crippen LogP contribution < -0.4 is 15.4 Å². The number of aromatic nitrogens is 1. The number of hydrogen-bond acceptors (Lipinski definition) is 5. The fourth-order valence-electron chi connectivity index (χ4n) is 3.36. The Hall–Kier alpha value is -3.71. The molecular weight excluding hydrogens is 434 g/mol. The first kappa shape index (κ1) is 22.5. The van der Waals surface area contributed by atoms with Gasteiger partial charge in [-0.2, -0.15) is 0 Å². The van der Waals surface area contributed by atoms with Crippen LogP contribution in [-0.2, 0) is 0 Å². The first-order chi connectivity index (χ1) is 15.8. The van der Waals surface area contributed by atoms with E-state index < -0.39 is 0 Å². The molecule has 0 saturated carbocycles. The van der Waals surface area contributed by atoms with Gasteiger partial charge in [0.1, 0.15) is 11.3 Å². The van der Waals surface area contributed by atoms with Crippen LogP contribution in [0, 0.1) is 13.8 Å². The van der Waals surface area contributed by atoms with Crippen LogP contribution in [0.5, 0.6) is 5.75 Å². The molecule has 3 aromatic carbocycles. The molecule has 33 heavy (non-hydrogen) atoms. The van der Waals surface area contributed by atoms with Gasteiger partial charge in [0, 0.05) is 16.8 Å². The van der Waals surface area contributed by atoms with Gasteiger partial charge < -0.3 is 14.5 Å². The van der Waals surface area contributed by atoms with Crippen LogP contribution in [0.3, 0.4) is 0 Å². The monoisotopic (exact) mass is 459 g/mol. The van der Waals surface area contributed by atoms with Gasteiger partial charge in [0.15, 0.2) is 10.7 Å². The molecule has 0 aliphatic carbocycles. The molecule has 1 amide bonds. The third kappa shape index (κ3) is 5.38. The maximum absolute atomic E-state index is 12.7. The predicted octanol–water partition coefficient (Wildman–Crippen LogP) is 6.03. The Kier molecular flexibility index (Phi) is 6.42. The molecule has 0 bridgehead atoms. The van der Waals surface area contributed by atoms with Gasteiger partial charge in [0.25, 0.3) is 5.91 Å². The molecule has 4 aromatic rings. The summed E-state index contributed by atoms with van der Waals surface area (Å²) in [6.07, 6.45) is 0.0200. The summed E-state index contributed by atoms with van der Waals surface area (Å²) in [4.78, 5) is 17.2. The molecule has 0 aliphatic rings. The molecule has 1 heterocycles. The summed E-state index contributed by atoms with van der Waals surface area (Å²) in [6.45, 7) is 7.84. The van der Waals surface area contributed by atoms with Crippen molar-refractivity contribution in [3.63, 3.8) is 0 Å². The van der Waals surface area contributed by atoms with E-state index in [2.05, 4.69) is 15.6 Å². The highest BCUT2D eigenvalue weighted by atomic mass is 32.1. The minimum atomic E-state index is -0.315. The van der Waals surface area contributed by atoms with Crippen molar-refractivity contribution in [1.29, 1.82) is 0 Å². The first-order valence-electron chi connectivity index (χ1n) is 10.7. The second-order valence-corrected chi connectivity index (χ2v) is 8.53. The average Bonchev–Trinajstić information content (AvgIpc) is 3.18. The lowest BCUT2D eigenvalue weighted by Crippen LogP contribution is -2.34. The lowest BCUT2D eigenvalue weighted by atomic mass is 10.1. The van der Waals surface area contributed by atoms with Crippen molar-refractivity contribution in [2.24, 2.45) is 0 Å². The highest BCUT2D eigenvalue weighted by Crippen LogP contribution is 2.28. The number of fused-ring (bicyclic) bond motifs is 1. The Labute approximate surface area is 198 Å². The fraction of sp³-hybridized carbons (Fsp3) is 0.192. The van der Waals surface area contributed by atoms with E-state index in [9.17, 15) is 4.79 Å². The number of rotatable bonds is 5. The van der Waals surface area contributed by atoms with Crippen molar-refractivity contribution in [2.45, 2.75) is 33.8 Å². The van der Waals surface area contributed by atoms with Gasteiger partial charge in [-0.25, -0.2) is 4.98 Å². The molecule has 0 radical (unpaired) electrons. The summed E-state index contributed by atoms with van der Waals surface area (Å²) in [5, 5.41) is 6.03. The number of aryl methyl sites for hydroxylation is 2. The third-order valence-electron chi connectivity index (χ3n) is 4.97. The number of ether oxygens (including phenoxy) is 1. The molecule has 0 atom stereocenters. The van der Waals surface area contributed by atoms with Gasteiger partial charge >= 0.3 is 0 Å². The second kappa shape index (κ2) is 9.42. The van der Waals surface area contributed by atoms with Crippen molar-refractivity contribution in [2.75, 3.05) is 5.32 Å². The smallest absolute Gasteiger partial charge is 0.257 e. The number of thiocarbonyl (C=S) groups is 1. The predicted molar refractivity (Wildman–Crippen MR) is 135 cm³/mol. The Morgan fingerprint density at radius 2 is 1.88 bits per heavy atom. The van der Waals surface area contributed by atoms with Gasteiger partial charge in [-0.3, -0.25) is 10.1 Å². The molecule has 0 spiro atoms. The van der Waals surface area contributed by atoms with Crippen molar-refractivity contribution in [1.82, 2.24) is 10.3 Å². The van der Waals surface area contributed by atoms with E-state index in [4.69, 9.17) is 21.4 Å². The number of hydrogen-bond donors (Lipinski definition) is 2. The fourth-order valence-corrected chi connectivity index (χ4v) is 3.56. The molecule has 1 aromatic heterocycles. The summed E-state index contributed by atoms with van der Waals surface area (Å²) >= 11 is 5.39. The number of nitrogens with zero attached hydrogens (tertiary/aromatic N) is 1. The van der Waals surface area contributed by atoms with Crippen LogP contribution in [0.15, 0.2) is 65.1 Å². The summed E-state index contributed by atoms with van der Waals surface area (Å²) in [5.41, 5.74) is 5.65. The number of amides is 1. The van der Waals surface area contributed by atoms with E-state index in [-0.39, 0.29) is 17.1 Å². The van der Waals surface area contributed by atoms with Crippen LogP contribution in [0.4, 0.5) is 5.69 Å². The van der Waals surface area contributed by atoms with Crippen LogP contribution >= 0.6 is 12.2 Å². The van der Waals surface area contributed by atoms with Crippen molar-refractivity contribution in [3.8, 4) is 17.2 Å². The normalized spacial score (nSPS) is 10.9. The average molecular weight is 460 g/mol. The van der Waals surface area contributed by atoms with E-state index in [1.165, 1.54) is 0 Å². The topological polar surface area (TPSA) is 76.4 Å². The molecule has 168 valence electrons. The van der Waals surface area contributed by atoms with Gasteiger partial charge in [-0.15, -0.1) is 0 Å². The van der Waals surface area contributed by atoms with Crippen LogP contribution in [-0.4, -0.2) is 22.1 Å². The zero-order valence-electron chi connectivity index (χ0n) is 18.9. The van der Waals surface area contributed by atoms with E-state index in [0.29, 0.717) is 17.2 Å². The summed E-state index contributed by atoms with van der Waals surface area (Å²) < 4.78 is 11.6. The van der Waals surface area contributed by atoms with E-state index in [0.717, 1.165) is 33.5 Å². The quantitative estimate of drug-likeness (QED) is 0.355. The largest absolute Gasteiger partial charge is 0.491 e. The molecular formula is C26H25N3O3S. The van der Waals surface area contributed by atoms with E-state index in [1.807, 2.05) is 70.2 Å². The number of benzene rings is 3. The van der Waals surface area contributed by atoms with Crippen molar-refractivity contribution >= 4 is 40.0 Å². The van der Waals surface area contributed by atoms with Crippen LogP contribution in [0.2, 0.25) is 0 Å². The maximum Gasteiger partial charge on any atom is 0.257 e. The number of carbonyl (C=O) groups excluding carboxylic acids is 1. The zero-order chi connectivity index (χ0) is 23.5.